The van der Waals surface area contributed by atoms with Crippen LogP contribution in [0, 0.1) is 10.1 Å². The van der Waals surface area contributed by atoms with Crippen molar-refractivity contribution in [2.24, 2.45) is 0 Å². The van der Waals surface area contributed by atoms with Crippen molar-refractivity contribution in [1.82, 2.24) is 9.97 Å². The van der Waals surface area contributed by atoms with Crippen molar-refractivity contribution in [3.63, 3.8) is 0 Å². The van der Waals surface area contributed by atoms with E-state index in [-0.39, 0.29) is 11.3 Å². The van der Waals surface area contributed by atoms with E-state index < -0.39 is 10.8 Å². The number of aromatic amines is 1. The van der Waals surface area contributed by atoms with Crippen molar-refractivity contribution in [2.45, 2.75) is 0 Å². The number of nitro benzene ring substituents is 1. The van der Waals surface area contributed by atoms with E-state index in [1.807, 2.05) is 17.5 Å². The number of imidazole rings is 1. The number of nitrogens with one attached hydrogen (secondary N) is 2. The molecule has 4 rings (SSSR count). The number of para-hydroxylation sites is 1. The maximum absolute atomic E-state index is 12.4. The zero-order chi connectivity index (χ0) is 18.1. The van der Waals surface area contributed by atoms with Gasteiger partial charge in [0, 0.05) is 11.8 Å². The van der Waals surface area contributed by atoms with Crippen LogP contribution in [-0.4, -0.2) is 20.8 Å². The quantitative estimate of drug-likeness (QED) is 0.412. The molecule has 0 radical (unpaired) electrons. The third kappa shape index (κ3) is 2.93. The summed E-state index contributed by atoms with van der Waals surface area (Å²) in [4.78, 5) is 31.7. The number of anilines is 1. The van der Waals surface area contributed by atoms with Crippen LogP contribution in [0.3, 0.4) is 0 Å². The van der Waals surface area contributed by atoms with Gasteiger partial charge in [-0.3, -0.25) is 14.9 Å². The number of carbonyl (C=O) groups is 1. The summed E-state index contributed by atoms with van der Waals surface area (Å²) in [6, 6.07) is 15.0. The third-order valence-electron chi connectivity index (χ3n) is 3.84. The van der Waals surface area contributed by atoms with E-state index >= 15 is 0 Å². The number of hydrogen-bond acceptors (Lipinski definition) is 5. The number of H-pyrrole nitrogens is 1. The van der Waals surface area contributed by atoms with Crippen LogP contribution in [0.2, 0.25) is 0 Å². The molecule has 0 aliphatic rings. The monoisotopic (exact) mass is 364 g/mol. The first-order valence-corrected chi connectivity index (χ1v) is 8.58. The molecule has 0 bridgehead atoms. The van der Waals surface area contributed by atoms with Crippen LogP contribution < -0.4 is 5.32 Å². The van der Waals surface area contributed by atoms with Crippen LogP contribution in [0.4, 0.5) is 11.4 Å². The average molecular weight is 364 g/mol. The minimum absolute atomic E-state index is 0.0153. The lowest BCUT2D eigenvalue weighted by molar-refractivity contribution is -0.385. The average Bonchev–Trinajstić information content (AvgIpc) is 3.30. The number of benzene rings is 2. The number of carbonyl (C=O) groups excluding carboxylic acids is 1. The van der Waals surface area contributed by atoms with Gasteiger partial charge in [0.1, 0.15) is 11.4 Å². The van der Waals surface area contributed by atoms with Crippen LogP contribution in [0.1, 0.15) is 10.4 Å². The molecule has 0 spiro atoms. The van der Waals surface area contributed by atoms with Crippen molar-refractivity contribution >= 4 is 39.7 Å². The zero-order valence-electron chi connectivity index (χ0n) is 13.3. The minimum Gasteiger partial charge on any atom is -0.337 e. The van der Waals surface area contributed by atoms with Gasteiger partial charge in [0.25, 0.3) is 11.6 Å². The van der Waals surface area contributed by atoms with Gasteiger partial charge in [-0.15, -0.1) is 11.3 Å². The Kier molecular flexibility index (Phi) is 3.94. The minimum atomic E-state index is -0.569. The lowest BCUT2D eigenvalue weighted by Crippen LogP contribution is -2.13. The third-order valence-corrected chi connectivity index (χ3v) is 4.72. The van der Waals surface area contributed by atoms with Crippen LogP contribution in [-0.2, 0) is 0 Å². The number of hydrogen-bond donors (Lipinski definition) is 2. The number of nitrogens with zero attached hydrogens (tertiary/aromatic N) is 2. The molecule has 4 aromatic rings. The lowest BCUT2D eigenvalue weighted by atomic mass is 10.1. The largest absolute Gasteiger partial charge is 0.337 e. The fourth-order valence-electron chi connectivity index (χ4n) is 2.64. The SMILES string of the molecule is O=C(Nc1ccc2nc(-c3cccs3)[nH]c2c1)c1ccccc1[N+](=O)[O-]. The van der Waals surface area contributed by atoms with Gasteiger partial charge in [-0.1, -0.05) is 18.2 Å². The number of rotatable bonds is 4. The van der Waals surface area contributed by atoms with E-state index in [9.17, 15) is 14.9 Å². The van der Waals surface area contributed by atoms with Crippen molar-refractivity contribution < 1.29 is 9.72 Å². The molecule has 0 saturated heterocycles. The van der Waals surface area contributed by atoms with Gasteiger partial charge in [-0.05, 0) is 35.7 Å². The number of amides is 1. The molecular formula is C18H12N4O3S. The van der Waals surface area contributed by atoms with Crippen LogP contribution in [0.15, 0.2) is 60.0 Å². The zero-order valence-corrected chi connectivity index (χ0v) is 14.1. The maximum Gasteiger partial charge on any atom is 0.282 e. The van der Waals surface area contributed by atoms with Crippen LogP contribution in [0.25, 0.3) is 21.7 Å². The van der Waals surface area contributed by atoms with E-state index in [0.29, 0.717) is 5.69 Å². The highest BCUT2D eigenvalue weighted by Gasteiger charge is 2.19. The summed E-state index contributed by atoms with van der Waals surface area (Å²) in [5.41, 5.74) is 1.86. The molecule has 0 unspecified atom stereocenters. The molecule has 2 heterocycles. The number of fused-ring (bicyclic) bond motifs is 1. The van der Waals surface area contributed by atoms with Gasteiger partial charge in [-0.25, -0.2) is 4.98 Å². The first-order chi connectivity index (χ1) is 12.6. The molecule has 2 N–H and O–H groups in total. The van der Waals surface area contributed by atoms with Crippen molar-refractivity contribution in [3.05, 3.63) is 75.7 Å². The highest BCUT2D eigenvalue weighted by atomic mass is 32.1. The molecule has 1 amide bonds. The van der Waals surface area contributed by atoms with Gasteiger partial charge in [0.2, 0.25) is 0 Å². The Balaban J connectivity index is 1.63. The van der Waals surface area contributed by atoms with Crippen LogP contribution >= 0.6 is 11.3 Å². The van der Waals surface area contributed by atoms with E-state index in [0.717, 1.165) is 21.7 Å². The van der Waals surface area contributed by atoms with Gasteiger partial charge < -0.3 is 10.3 Å². The Morgan fingerprint density at radius 1 is 1.15 bits per heavy atom. The Hall–Kier alpha value is -3.52. The van der Waals surface area contributed by atoms with Gasteiger partial charge in [0.15, 0.2) is 0 Å². The maximum atomic E-state index is 12.4. The van der Waals surface area contributed by atoms with E-state index in [4.69, 9.17) is 0 Å². The van der Waals surface area contributed by atoms with E-state index in [2.05, 4.69) is 15.3 Å². The predicted molar refractivity (Wildman–Crippen MR) is 100 cm³/mol. The predicted octanol–water partition coefficient (Wildman–Crippen LogP) is 4.45. The number of thiophene rings is 1. The molecule has 0 saturated carbocycles. The molecular weight excluding hydrogens is 352 g/mol. The van der Waals surface area contributed by atoms with Crippen molar-refractivity contribution in [1.29, 1.82) is 0 Å². The fraction of sp³-hybridized carbons (Fsp3) is 0. The summed E-state index contributed by atoms with van der Waals surface area (Å²) >= 11 is 1.58. The second-order valence-electron chi connectivity index (χ2n) is 5.52. The van der Waals surface area contributed by atoms with Crippen LogP contribution in [0.5, 0.6) is 0 Å². The molecule has 2 aromatic carbocycles. The van der Waals surface area contributed by atoms with Gasteiger partial charge in [-0.2, -0.15) is 0 Å². The summed E-state index contributed by atoms with van der Waals surface area (Å²) in [5, 5.41) is 15.8. The highest BCUT2D eigenvalue weighted by Crippen LogP contribution is 2.26. The fourth-order valence-corrected chi connectivity index (χ4v) is 3.31. The summed E-state index contributed by atoms with van der Waals surface area (Å²) in [6.45, 7) is 0. The molecule has 0 fully saturated rings. The Labute approximate surface area is 151 Å². The van der Waals surface area contributed by atoms with Gasteiger partial charge >= 0.3 is 0 Å². The smallest absolute Gasteiger partial charge is 0.282 e. The summed E-state index contributed by atoms with van der Waals surface area (Å²) < 4.78 is 0. The molecule has 0 aliphatic carbocycles. The molecule has 26 heavy (non-hydrogen) atoms. The normalized spacial score (nSPS) is 10.8. The molecule has 2 aromatic heterocycles. The first kappa shape index (κ1) is 16.0. The summed E-state index contributed by atoms with van der Waals surface area (Å²) in [6.07, 6.45) is 0. The topological polar surface area (TPSA) is 101 Å². The highest BCUT2D eigenvalue weighted by molar-refractivity contribution is 7.13. The molecule has 128 valence electrons. The van der Waals surface area contributed by atoms with Crippen molar-refractivity contribution in [2.75, 3.05) is 5.32 Å². The first-order valence-electron chi connectivity index (χ1n) is 7.70. The Morgan fingerprint density at radius 3 is 2.77 bits per heavy atom. The van der Waals surface area contributed by atoms with E-state index in [1.54, 1.807) is 35.6 Å². The molecule has 8 heteroatoms. The standard InChI is InChI=1S/C18H12N4O3S/c23-18(12-4-1-2-5-15(12)22(24)25)19-11-7-8-13-14(10-11)21-17(20-13)16-6-3-9-26-16/h1-10H,(H,19,23)(H,20,21). The number of nitro groups is 1. The molecule has 0 aliphatic heterocycles. The summed E-state index contributed by atoms with van der Waals surface area (Å²) in [7, 11) is 0. The summed E-state index contributed by atoms with van der Waals surface area (Å²) in [5.74, 6) is 0.229. The number of aromatic nitrogens is 2. The Morgan fingerprint density at radius 2 is 2.00 bits per heavy atom. The second-order valence-corrected chi connectivity index (χ2v) is 6.47. The van der Waals surface area contributed by atoms with Gasteiger partial charge in [0.05, 0.1) is 20.8 Å². The second kappa shape index (κ2) is 6.41. The van der Waals surface area contributed by atoms with Crippen molar-refractivity contribution in [3.8, 4) is 10.7 Å². The molecule has 0 atom stereocenters. The van der Waals surface area contributed by atoms with E-state index in [1.165, 1.54) is 18.2 Å². The lowest BCUT2D eigenvalue weighted by Gasteiger charge is -2.05. The molecule has 7 nitrogen and oxygen atoms in total. The Bertz CT molecular complexity index is 1120.